The van der Waals surface area contributed by atoms with Crippen LogP contribution in [0, 0.1) is 5.82 Å². The number of hydrogen-bond acceptors (Lipinski definition) is 1. The van der Waals surface area contributed by atoms with Crippen molar-refractivity contribution in [2.45, 2.75) is 16.3 Å². The number of benzene rings is 2. The monoisotopic (exact) mass is 330 g/mol. The van der Waals surface area contributed by atoms with Crippen LogP contribution in [0.2, 0.25) is 10.0 Å². The van der Waals surface area contributed by atoms with E-state index in [0.29, 0.717) is 10.0 Å². The summed E-state index contributed by atoms with van der Waals surface area (Å²) in [5.41, 5.74) is 1.09. The average Bonchev–Trinajstić information content (AvgIpc) is 2.37. The van der Waals surface area contributed by atoms with Crippen LogP contribution in [-0.4, -0.2) is 14.1 Å². The summed E-state index contributed by atoms with van der Waals surface area (Å²) >= 11 is 13.6. The van der Waals surface area contributed by atoms with Crippen molar-refractivity contribution in [3.8, 4) is 0 Å². The summed E-state index contributed by atoms with van der Waals surface area (Å²) in [5.74, 6) is -0.247. The second kappa shape index (κ2) is 6.81. The summed E-state index contributed by atoms with van der Waals surface area (Å²) in [4.78, 5) is 2.98. The first-order chi connectivity index (χ1) is 9.45. The van der Waals surface area contributed by atoms with Crippen molar-refractivity contribution in [1.29, 1.82) is 0 Å². The standard InChI is InChI=1S/C15H14Cl2FNS/c1-19(2)9-10-3-5-12(18)8-14(10)20-15-7-11(16)4-6-13(15)17/h3-8H,9H2,1-2H3/p+1. The molecule has 2 rings (SSSR count). The van der Waals surface area contributed by atoms with Crippen molar-refractivity contribution in [3.63, 3.8) is 0 Å². The van der Waals surface area contributed by atoms with Crippen LogP contribution < -0.4 is 4.90 Å². The van der Waals surface area contributed by atoms with Crippen LogP contribution in [0.1, 0.15) is 5.56 Å². The molecule has 106 valence electrons. The van der Waals surface area contributed by atoms with Crippen LogP contribution in [0.15, 0.2) is 46.2 Å². The van der Waals surface area contributed by atoms with E-state index in [1.54, 1.807) is 24.3 Å². The fourth-order valence-corrected chi connectivity index (χ4v) is 3.33. The summed E-state index contributed by atoms with van der Waals surface area (Å²) < 4.78 is 13.5. The van der Waals surface area contributed by atoms with Crippen LogP contribution in [-0.2, 0) is 6.54 Å². The molecule has 0 aliphatic rings. The number of halogens is 3. The molecule has 0 heterocycles. The third-order valence-electron chi connectivity index (χ3n) is 2.69. The van der Waals surface area contributed by atoms with Crippen LogP contribution in [0.3, 0.4) is 0 Å². The zero-order valence-electron chi connectivity index (χ0n) is 11.2. The molecule has 0 aliphatic heterocycles. The molecule has 0 aliphatic carbocycles. The lowest BCUT2D eigenvalue weighted by Crippen LogP contribution is -3.04. The highest BCUT2D eigenvalue weighted by Crippen LogP contribution is 2.36. The summed E-state index contributed by atoms with van der Waals surface area (Å²) in [7, 11) is 4.12. The molecule has 0 saturated carbocycles. The molecular weight excluding hydrogens is 316 g/mol. The number of quaternary nitrogens is 1. The predicted molar refractivity (Wildman–Crippen MR) is 83.5 cm³/mol. The van der Waals surface area contributed by atoms with E-state index in [1.807, 2.05) is 6.07 Å². The summed E-state index contributed by atoms with van der Waals surface area (Å²) in [6.07, 6.45) is 0. The topological polar surface area (TPSA) is 4.44 Å². The van der Waals surface area contributed by atoms with Crippen LogP contribution in [0.25, 0.3) is 0 Å². The smallest absolute Gasteiger partial charge is 0.124 e. The van der Waals surface area contributed by atoms with Gasteiger partial charge in [-0.1, -0.05) is 35.0 Å². The molecule has 0 unspecified atom stereocenters. The van der Waals surface area contributed by atoms with Gasteiger partial charge in [-0.25, -0.2) is 4.39 Å². The molecule has 1 N–H and O–H groups in total. The van der Waals surface area contributed by atoms with E-state index < -0.39 is 0 Å². The SMILES string of the molecule is C[NH+](C)Cc1ccc(F)cc1Sc1cc(Cl)ccc1Cl. The third kappa shape index (κ3) is 4.13. The Morgan fingerprint density at radius 3 is 2.50 bits per heavy atom. The highest BCUT2D eigenvalue weighted by Gasteiger charge is 2.11. The molecule has 0 saturated heterocycles. The van der Waals surface area contributed by atoms with Crippen molar-refractivity contribution < 1.29 is 9.29 Å². The second-order valence-electron chi connectivity index (χ2n) is 4.81. The maximum atomic E-state index is 13.5. The van der Waals surface area contributed by atoms with Gasteiger partial charge in [0.05, 0.1) is 19.1 Å². The molecule has 0 radical (unpaired) electrons. The van der Waals surface area contributed by atoms with Crippen molar-refractivity contribution >= 4 is 35.0 Å². The first kappa shape index (κ1) is 15.6. The summed E-state index contributed by atoms with van der Waals surface area (Å²) in [5, 5.41) is 1.24. The summed E-state index contributed by atoms with van der Waals surface area (Å²) in [6.45, 7) is 0.820. The first-order valence-electron chi connectivity index (χ1n) is 6.16. The van der Waals surface area contributed by atoms with Crippen LogP contribution in [0.4, 0.5) is 4.39 Å². The van der Waals surface area contributed by atoms with Gasteiger partial charge in [0.1, 0.15) is 12.4 Å². The molecule has 2 aromatic rings. The fourth-order valence-electron chi connectivity index (χ4n) is 1.82. The summed E-state index contributed by atoms with van der Waals surface area (Å²) in [6, 6.07) is 10.1. The highest BCUT2D eigenvalue weighted by atomic mass is 35.5. The lowest BCUT2D eigenvalue weighted by molar-refractivity contribution is -0.872. The molecule has 5 heteroatoms. The van der Waals surface area contributed by atoms with Crippen LogP contribution >= 0.6 is 35.0 Å². The largest absolute Gasteiger partial charge is 0.336 e. The van der Waals surface area contributed by atoms with Gasteiger partial charge in [0, 0.05) is 20.4 Å². The minimum absolute atomic E-state index is 0.247. The van der Waals surface area contributed by atoms with E-state index in [1.165, 1.54) is 22.7 Å². The van der Waals surface area contributed by atoms with Gasteiger partial charge in [-0.05, 0) is 36.4 Å². The zero-order chi connectivity index (χ0) is 14.7. The first-order valence-corrected chi connectivity index (χ1v) is 7.73. The quantitative estimate of drug-likeness (QED) is 0.889. The fraction of sp³-hybridized carbons (Fsp3) is 0.200. The number of hydrogen-bond donors (Lipinski definition) is 1. The van der Waals surface area contributed by atoms with Crippen molar-refractivity contribution in [3.05, 3.63) is 57.8 Å². The maximum absolute atomic E-state index is 13.5. The van der Waals surface area contributed by atoms with E-state index in [2.05, 4.69) is 14.1 Å². The van der Waals surface area contributed by atoms with E-state index in [4.69, 9.17) is 23.2 Å². The molecule has 0 atom stereocenters. The Balaban J connectivity index is 2.36. The Bertz CT molecular complexity index is 617. The maximum Gasteiger partial charge on any atom is 0.124 e. The molecular formula is C15H15Cl2FNS+. The van der Waals surface area contributed by atoms with Gasteiger partial charge >= 0.3 is 0 Å². The minimum Gasteiger partial charge on any atom is -0.336 e. The van der Waals surface area contributed by atoms with Gasteiger partial charge in [-0.3, -0.25) is 0 Å². The van der Waals surface area contributed by atoms with Gasteiger partial charge in [0.2, 0.25) is 0 Å². The average molecular weight is 331 g/mol. The molecule has 2 aromatic carbocycles. The lowest BCUT2D eigenvalue weighted by Gasteiger charge is -2.13. The second-order valence-corrected chi connectivity index (χ2v) is 6.74. The Kier molecular flexibility index (Phi) is 5.33. The molecule has 20 heavy (non-hydrogen) atoms. The van der Waals surface area contributed by atoms with E-state index in [0.717, 1.165) is 21.9 Å². The van der Waals surface area contributed by atoms with Crippen molar-refractivity contribution in [2.24, 2.45) is 0 Å². The Morgan fingerprint density at radius 1 is 1.05 bits per heavy atom. The Morgan fingerprint density at radius 2 is 1.80 bits per heavy atom. The molecule has 0 aromatic heterocycles. The molecule has 0 spiro atoms. The zero-order valence-corrected chi connectivity index (χ0v) is 13.5. The van der Waals surface area contributed by atoms with Gasteiger partial charge in [0.15, 0.2) is 0 Å². The van der Waals surface area contributed by atoms with E-state index >= 15 is 0 Å². The number of rotatable bonds is 4. The van der Waals surface area contributed by atoms with Crippen molar-refractivity contribution in [1.82, 2.24) is 0 Å². The van der Waals surface area contributed by atoms with E-state index in [-0.39, 0.29) is 5.82 Å². The van der Waals surface area contributed by atoms with Crippen molar-refractivity contribution in [2.75, 3.05) is 14.1 Å². The van der Waals surface area contributed by atoms with Gasteiger partial charge < -0.3 is 4.90 Å². The Labute approximate surface area is 132 Å². The van der Waals surface area contributed by atoms with E-state index in [9.17, 15) is 4.39 Å². The molecule has 1 nitrogen and oxygen atoms in total. The van der Waals surface area contributed by atoms with Gasteiger partial charge in [-0.15, -0.1) is 0 Å². The third-order valence-corrected chi connectivity index (χ3v) is 4.52. The van der Waals surface area contributed by atoms with Crippen LogP contribution in [0.5, 0.6) is 0 Å². The predicted octanol–water partition coefficient (Wildman–Crippen LogP) is 3.93. The lowest BCUT2D eigenvalue weighted by atomic mass is 10.2. The highest BCUT2D eigenvalue weighted by molar-refractivity contribution is 7.99. The Hall–Kier alpha value is -0.740. The van der Waals surface area contributed by atoms with Gasteiger partial charge in [0.25, 0.3) is 0 Å². The molecule has 0 amide bonds. The van der Waals surface area contributed by atoms with Gasteiger partial charge in [-0.2, -0.15) is 0 Å². The molecule has 0 fully saturated rings. The minimum atomic E-state index is -0.247. The number of nitrogens with one attached hydrogen (secondary N) is 1. The normalized spacial score (nSPS) is 11.1. The molecule has 0 bridgehead atoms.